The Hall–Kier alpha value is -3.53. The third kappa shape index (κ3) is 5.17. The van der Waals surface area contributed by atoms with Gasteiger partial charge in [-0.05, 0) is 31.2 Å². The Bertz CT molecular complexity index is 1080. The second kappa shape index (κ2) is 10.2. The highest BCUT2D eigenvalue weighted by atomic mass is 19.1. The van der Waals surface area contributed by atoms with Crippen LogP contribution in [0.5, 0.6) is 0 Å². The summed E-state index contributed by atoms with van der Waals surface area (Å²) >= 11 is 0. The number of carbonyl (C=O) groups is 2. The summed E-state index contributed by atoms with van der Waals surface area (Å²) in [5.74, 6) is -0.570. The minimum absolute atomic E-state index is 0.0335. The summed E-state index contributed by atoms with van der Waals surface area (Å²) in [7, 11) is 0. The summed E-state index contributed by atoms with van der Waals surface area (Å²) in [6.45, 7) is 6.27. The van der Waals surface area contributed by atoms with Gasteiger partial charge in [-0.25, -0.2) is 4.39 Å². The van der Waals surface area contributed by atoms with Crippen molar-refractivity contribution in [3.63, 3.8) is 0 Å². The molecule has 2 aliphatic heterocycles. The van der Waals surface area contributed by atoms with Gasteiger partial charge in [-0.1, -0.05) is 12.1 Å². The first-order valence-electron chi connectivity index (χ1n) is 11.4. The van der Waals surface area contributed by atoms with Gasteiger partial charge in [0.1, 0.15) is 11.5 Å². The topological polar surface area (TPSA) is 90.2 Å². The highest BCUT2D eigenvalue weighted by Gasteiger charge is 2.27. The molecule has 2 heterocycles. The summed E-state index contributed by atoms with van der Waals surface area (Å²) < 4.78 is 14.5. The van der Waals surface area contributed by atoms with Gasteiger partial charge in [0, 0.05) is 64.0 Å². The first-order valence-corrected chi connectivity index (χ1v) is 11.4. The summed E-state index contributed by atoms with van der Waals surface area (Å²) in [5, 5.41) is 11.3. The largest absolute Gasteiger partial charge is 0.366 e. The fourth-order valence-electron chi connectivity index (χ4n) is 4.50. The lowest BCUT2D eigenvalue weighted by Crippen LogP contribution is -2.54. The van der Waals surface area contributed by atoms with Crippen molar-refractivity contribution >= 4 is 28.8 Å². The molecule has 2 aliphatic rings. The molecule has 9 nitrogen and oxygen atoms in total. The Kier molecular flexibility index (Phi) is 7.06. The molecule has 2 fully saturated rings. The van der Waals surface area contributed by atoms with E-state index in [0.29, 0.717) is 75.8 Å². The first kappa shape index (κ1) is 23.6. The number of anilines is 2. The van der Waals surface area contributed by atoms with Gasteiger partial charge < -0.3 is 14.7 Å². The van der Waals surface area contributed by atoms with Crippen LogP contribution >= 0.6 is 0 Å². The maximum Gasteiger partial charge on any atom is 0.292 e. The van der Waals surface area contributed by atoms with Crippen LogP contribution in [0.3, 0.4) is 0 Å². The lowest BCUT2D eigenvalue weighted by molar-refractivity contribution is -0.384. The molecule has 2 aromatic carbocycles. The van der Waals surface area contributed by atoms with Crippen LogP contribution in [0.1, 0.15) is 17.3 Å². The van der Waals surface area contributed by atoms with E-state index in [2.05, 4.69) is 4.90 Å². The number of piperazine rings is 2. The molecule has 0 atom stereocenters. The number of rotatable bonds is 6. The molecule has 1 amide bonds. The van der Waals surface area contributed by atoms with Gasteiger partial charge in [0.05, 0.1) is 17.2 Å². The number of amides is 1. The summed E-state index contributed by atoms with van der Waals surface area (Å²) in [5.41, 5.74) is 1.50. The molecule has 180 valence electrons. The molecule has 0 saturated carbocycles. The number of benzene rings is 2. The van der Waals surface area contributed by atoms with E-state index >= 15 is 0 Å². The van der Waals surface area contributed by atoms with E-state index in [1.807, 2.05) is 9.80 Å². The molecule has 0 unspecified atom stereocenters. The Labute approximate surface area is 197 Å². The summed E-state index contributed by atoms with van der Waals surface area (Å²) in [6, 6.07) is 11.2. The van der Waals surface area contributed by atoms with E-state index in [1.54, 1.807) is 35.2 Å². The van der Waals surface area contributed by atoms with E-state index in [1.165, 1.54) is 19.1 Å². The molecular weight excluding hydrogens is 441 g/mol. The van der Waals surface area contributed by atoms with E-state index in [9.17, 15) is 24.1 Å². The number of nitro benzene ring substituents is 1. The molecule has 0 N–H and O–H groups in total. The number of hydrogen-bond acceptors (Lipinski definition) is 7. The number of ketones is 1. The molecule has 2 aromatic rings. The second-order valence-corrected chi connectivity index (χ2v) is 8.60. The predicted molar refractivity (Wildman–Crippen MR) is 127 cm³/mol. The number of hydrogen-bond donors (Lipinski definition) is 0. The Morgan fingerprint density at radius 3 is 2.15 bits per heavy atom. The number of halogens is 1. The monoisotopic (exact) mass is 469 g/mol. The molecule has 0 aliphatic carbocycles. The van der Waals surface area contributed by atoms with Gasteiger partial charge in [-0.15, -0.1) is 0 Å². The Morgan fingerprint density at radius 2 is 1.53 bits per heavy atom. The molecule has 2 saturated heterocycles. The van der Waals surface area contributed by atoms with Crippen molar-refractivity contribution in [2.45, 2.75) is 6.92 Å². The molecule has 0 radical (unpaired) electrons. The maximum atomic E-state index is 14.5. The molecule has 0 aromatic heterocycles. The fourth-order valence-corrected chi connectivity index (χ4v) is 4.50. The van der Waals surface area contributed by atoms with E-state index in [-0.39, 0.29) is 22.3 Å². The lowest BCUT2D eigenvalue weighted by atomic mass is 10.1. The van der Waals surface area contributed by atoms with E-state index in [4.69, 9.17) is 0 Å². The van der Waals surface area contributed by atoms with Gasteiger partial charge >= 0.3 is 0 Å². The first-order chi connectivity index (χ1) is 16.3. The molecule has 34 heavy (non-hydrogen) atoms. The van der Waals surface area contributed by atoms with Crippen LogP contribution < -0.4 is 9.80 Å². The molecular formula is C24H28FN5O4. The number of nitro groups is 1. The number of nitrogens with zero attached hydrogens (tertiary/aromatic N) is 5. The van der Waals surface area contributed by atoms with Crippen LogP contribution in [0.4, 0.5) is 21.5 Å². The summed E-state index contributed by atoms with van der Waals surface area (Å²) in [4.78, 5) is 43.0. The molecule has 0 bridgehead atoms. The molecule has 4 rings (SSSR count). The van der Waals surface area contributed by atoms with Crippen LogP contribution in [0, 0.1) is 15.9 Å². The van der Waals surface area contributed by atoms with Crippen molar-refractivity contribution in [2.75, 3.05) is 68.7 Å². The quantitative estimate of drug-likeness (QED) is 0.365. The van der Waals surface area contributed by atoms with Gasteiger partial charge in [0.15, 0.2) is 5.78 Å². The zero-order chi connectivity index (χ0) is 24.2. The van der Waals surface area contributed by atoms with Crippen molar-refractivity contribution in [2.24, 2.45) is 0 Å². The Balaban J connectivity index is 1.27. The van der Waals surface area contributed by atoms with Gasteiger partial charge in [-0.2, -0.15) is 0 Å². The van der Waals surface area contributed by atoms with E-state index in [0.717, 1.165) is 0 Å². The third-order valence-corrected chi connectivity index (χ3v) is 6.48. The van der Waals surface area contributed by atoms with Gasteiger partial charge in [0.2, 0.25) is 5.91 Å². The standard InChI is InChI=1S/C24H28FN5O4/c1-18(31)19-6-7-21(20(25)16-19)27-12-14-29(15-13-27)24(32)17-26-8-10-28(11-9-26)22-4-2-3-5-23(22)30(33)34/h2-7,16H,8-15,17H2,1H3. The normalized spacial score (nSPS) is 17.1. The number of carbonyl (C=O) groups excluding carboxylic acids is 2. The van der Waals surface area contributed by atoms with Crippen LogP contribution in [-0.4, -0.2) is 85.3 Å². The van der Waals surface area contributed by atoms with Crippen molar-refractivity contribution in [1.82, 2.24) is 9.80 Å². The highest BCUT2D eigenvalue weighted by Crippen LogP contribution is 2.28. The minimum Gasteiger partial charge on any atom is -0.366 e. The maximum absolute atomic E-state index is 14.5. The predicted octanol–water partition coefficient (Wildman–Crippen LogP) is 2.41. The number of para-hydroxylation sites is 2. The molecule has 10 heteroatoms. The smallest absolute Gasteiger partial charge is 0.292 e. The molecule has 0 spiro atoms. The third-order valence-electron chi connectivity index (χ3n) is 6.48. The van der Waals surface area contributed by atoms with Crippen LogP contribution in [0.15, 0.2) is 42.5 Å². The van der Waals surface area contributed by atoms with Gasteiger partial charge in [0.25, 0.3) is 5.69 Å². The second-order valence-electron chi connectivity index (χ2n) is 8.60. The van der Waals surface area contributed by atoms with Crippen LogP contribution in [-0.2, 0) is 4.79 Å². The average molecular weight is 470 g/mol. The highest BCUT2D eigenvalue weighted by molar-refractivity contribution is 5.94. The summed E-state index contributed by atoms with van der Waals surface area (Å²) in [6.07, 6.45) is 0. The van der Waals surface area contributed by atoms with Gasteiger partial charge in [-0.3, -0.25) is 24.6 Å². The zero-order valence-electron chi connectivity index (χ0n) is 19.2. The van der Waals surface area contributed by atoms with Crippen molar-refractivity contribution in [3.8, 4) is 0 Å². The van der Waals surface area contributed by atoms with E-state index < -0.39 is 5.82 Å². The zero-order valence-corrected chi connectivity index (χ0v) is 19.2. The number of Topliss-reactive ketones (excluding diaryl/α,β-unsaturated/α-hetero) is 1. The average Bonchev–Trinajstić information content (AvgIpc) is 2.84. The van der Waals surface area contributed by atoms with Crippen LogP contribution in [0.2, 0.25) is 0 Å². The van der Waals surface area contributed by atoms with Crippen molar-refractivity contribution in [3.05, 3.63) is 64.0 Å². The van der Waals surface area contributed by atoms with Crippen molar-refractivity contribution in [1.29, 1.82) is 0 Å². The lowest BCUT2D eigenvalue weighted by Gasteiger charge is -2.39. The SMILES string of the molecule is CC(=O)c1ccc(N2CCN(C(=O)CN3CCN(c4ccccc4[N+](=O)[O-])CC3)CC2)c(F)c1. The Morgan fingerprint density at radius 1 is 0.912 bits per heavy atom. The van der Waals surface area contributed by atoms with Crippen LogP contribution in [0.25, 0.3) is 0 Å². The van der Waals surface area contributed by atoms with Crippen molar-refractivity contribution < 1.29 is 18.9 Å². The minimum atomic E-state index is -0.427. The fraction of sp³-hybridized carbons (Fsp3) is 0.417.